The molecule has 4 nitrogen and oxygen atoms in total. The van der Waals surface area contributed by atoms with E-state index in [2.05, 4.69) is 18.9 Å². The minimum Gasteiger partial charge on any atom is -0.396 e. The summed E-state index contributed by atoms with van der Waals surface area (Å²) in [5.41, 5.74) is 7.72. The van der Waals surface area contributed by atoms with Gasteiger partial charge in [-0.3, -0.25) is 4.68 Å². The second kappa shape index (κ2) is 6.46. The first kappa shape index (κ1) is 15.8. The Bertz CT molecular complexity index is 450. The molecule has 1 aliphatic carbocycles. The zero-order valence-electron chi connectivity index (χ0n) is 12.5. The molecule has 2 rings (SSSR count). The van der Waals surface area contributed by atoms with Gasteiger partial charge >= 0.3 is 0 Å². The van der Waals surface area contributed by atoms with Gasteiger partial charge in [0.05, 0.1) is 23.0 Å². The molecule has 1 aromatic heterocycles. The van der Waals surface area contributed by atoms with Crippen LogP contribution in [-0.4, -0.2) is 28.0 Å². The fourth-order valence-corrected chi connectivity index (χ4v) is 3.22. The van der Waals surface area contributed by atoms with Crippen LogP contribution < -0.4 is 5.73 Å². The number of aromatic nitrogens is 2. The minimum absolute atomic E-state index is 0.118. The molecule has 1 saturated carbocycles. The van der Waals surface area contributed by atoms with E-state index < -0.39 is 0 Å². The summed E-state index contributed by atoms with van der Waals surface area (Å²) in [7, 11) is 0. The van der Waals surface area contributed by atoms with Crippen LogP contribution in [-0.2, 0) is 19.4 Å². The first-order valence-corrected chi connectivity index (χ1v) is 8.02. The molecule has 0 spiro atoms. The summed E-state index contributed by atoms with van der Waals surface area (Å²) >= 11 is 6.47. The third kappa shape index (κ3) is 3.18. The molecule has 0 radical (unpaired) electrons. The van der Waals surface area contributed by atoms with Crippen LogP contribution in [0.1, 0.15) is 44.5 Å². The third-order valence-electron chi connectivity index (χ3n) is 4.42. The molecule has 3 N–H and O–H groups in total. The van der Waals surface area contributed by atoms with E-state index in [1.165, 1.54) is 12.8 Å². The summed E-state index contributed by atoms with van der Waals surface area (Å²) in [6, 6.07) is 0. The van der Waals surface area contributed by atoms with Crippen LogP contribution in [0.5, 0.6) is 0 Å². The Morgan fingerprint density at radius 3 is 2.60 bits per heavy atom. The smallest absolute Gasteiger partial charge is 0.0850 e. The van der Waals surface area contributed by atoms with E-state index >= 15 is 0 Å². The Morgan fingerprint density at radius 1 is 1.45 bits per heavy atom. The first-order valence-electron chi connectivity index (χ1n) is 7.64. The van der Waals surface area contributed by atoms with E-state index in [1.807, 2.05) is 4.68 Å². The molecule has 1 fully saturated rings. The summed E-state index contributed by atoms with van der Waals surface area (Å²) < 4.78 is 1.97. The number of halogens is 1. The SMILES string of the molecule is CCc1nn(CC)c(CC(CN)(CO)CC2CC2)c1Cl. The van der Waals surface area contributed by atoms with Crippen molar-refractivity contribution in [2.45, 2.75) is 52.5 Å². The molecular weight excluding hydrogens is 274 g/mol. The molecule has 0 aromatic carbocycles. The van der Waals surface area contributed by atoms with Crippen molar-refractivity contribution in [1.82, 2.24) is 9.78 Å². The molecule has 1 aromatic rings. The van der Waals surface area contributed by atoms with Gasteiger partial charge in [0.15, 0.2) is 0 Å². The highest BCUT2D eigenvalue weighted by molar-refractivity contribution is 6.31. The van der Waals surface area contributed by atoms with Gasteiger partial charge < -0.3 is 10.8 Å². The fourth-order valence-electron chi connectivity index (χ4n) is 2.89. The van der Waals surface area contributed by atoms with Crippen molar-refractivity contribution in [3.05, 3.63) is 16.4 Å². The lowest BCUT2D eigenvalue weighted by atomic mass is 9.79. The maximum atomic E-state index is 9.88. The van der Waals surface area contributed by atoms with Crippen molar-refractivity contribution in [2.24, 2.45) is 17.1 Å². The zero-order chi connectivity index (χ0) is 14.8. The normalized spacial score (nSPS) is 18.2. The van der Waals surface area contributed by atoms with Crippen LogP contribution in [0.4, 0.5) is 0 Å². The Labute approximate surface area is 126 Å². The molecule has 1 aliphatic rings. The monoisotopic (exact) mass is 299 g/mol. The Balaban J connectivity index is 2.27. The maximum Gasteiger partial charge on any atom is 0.0850 e. The summed E-state index contributed by atoms with van der Waals surface area (Å²) in [5.74, 6) is 0.730. The van der Waals surface area contributed by atoms with Crippen LogP contribution in [0, 0.1) is 11.3 Å². The quantitative estimate of drug-likeness (QED) is 0.775. The predicted octanol–water partition coefficient (Wildman–Crippen LogP) is 2.40. The van der Waals surface area contributed by atoms with Gasteiger partial charge in [-0.25, -0.2) is 0 Å². The van der Waals surface area contributed by atoms with E-state index in [0.29, 0.717) is 6.54 Å². The number of aliphatic hydroxyl groups is 1. The highest BCUT2D eigenvalue weighted by Crippen LogP contribution is 2.42. The molecule has 0 amide bonds. The average molecular weight is 300 g/mol. The first-order chi connectivity index (χ1) is 9.59. The third-order valence-corrected chi connectivity index (χ3v) is 4.86. The summed E-state index contributed by atoms with van der Waals surface area (Å²) in [6.45, 7) is 5.53. The number of nitrogens with two attached hydrogens (primary N) is 1. The van der Waals surface area contributed by atoms with Gasteiger partial charge in [0, 0.05) is 18.5 Å². The Hall–Kier alpha value is -0.580. The van der Waals surface area contributed by atoms with Crippen molar-refractivity contribution < 1.29 is 5.11 Å². The summed E-state index contributed by atoms with van der Waals surface area (Å²) in [6.07, 6.45) is 5.07. The zero-order valence-corrected chi connectivity index (χ0v) is 13.3. The van der Waals surface area contributed by atoms with Gasteiger partial charge in [-0.2, -0.15) is 5.10 Å². The van der Waals surface area contributed by atoms with Gasteiger partial charge in [0.2, 0.25) is 0 Å². The number of aliphatic hydroxyl groups excluding tert-OH is 1. The van der Waals surface area contributed by atoms with E-state index in [4.69, 9.17) is 17.3 Å². The van der Waals surface area contributed by atoms with Gasteiger partial charge in [0.25, 0.3) is 0 Å². The van der Waals surface area contributed by atoms with Gasteiger partial charge in [-0.05, 0) is 32.1 Å². The van der Waals surface area contributed by atoms with Crippen LogP contribution in [0.2, 0.25) is 5.02 Å². The molecule has 1 unspecified atom stereocenters. The molecule has 5 heteroatoms. The van der Waals surface area contributed by atoms with E-state index in [-0.39, 0.29) is 12.0 Å². The summed E-state index contributed by atoms with van der Waals surface area (Å²) in [4.78, 5) is 0. The number of nitrogens with zero attached hydrogens (tertiary/aromatic N) is 2. The highest BCUT2D eigenvalue weighted by atomic mass is 35.5. The van der Waals surface area contributed by atoms with Crippen molar-refractivity contribution in [3.63, 3.8) is 0 Å². The maximum absolute atomic E-state index is 9.88. The number of hydrogen-bond acceptors (Lipinski definition) is 3. The lowest BCUT2D eigenvalue weighted by molar-refractivity contribution is 0.113. The van der Waals surface area contributed by atoms with Crippen LogP contribution >= 0.6 is 11.6 Å². The molecule has 1 heterocycles. The highest BCUT2D eigenvalue weighted by Gasteiger charge is 2.37. The van der Waals surface area contributed by atoms with Crippen LogP contribution in [0.15, 0.2) is 0 Å². The minimum atomic E-state index is -0.247. The molecule has 114 valence electrons. The largest absolute Gasteiger partial charge is 0.396 e. The van der Waals surface area contributed by atoms with Crippen molar-refractivity contribution >= 4 is 11.6 Å². The van der Waals surface area contributed by atoms with Gasteiger partial charge in [-0.1, -0.05) is 31.4 Å². The van der Waals surface area contributed by atoms with Crippen molar-refractivity contribution in [1.29, 1.82) is 0 Å². The van der Waals surface area contributed by atoms with E-state index in [0.717, 1.165) is 48.1 Å². The molecule has 0 saturated heterocycles. The Morgan fingerprint density at radius 2 is 2.15 bits per heavy atom. The van der Waals surface area contributed by atoms with E-state index in [1.54, 1.807) is 0 Å². The molecule has 1 atom stereocenters. The second-order valence-corrected chi connectivity index (χ2v) is 6.44. The number of hydrogen-bond donors (Lipinski definition) is 2. The van der Waals surface area contributed by atoms with Crippen molar-refractivity contribution in [3.8, 4) is 0 Å². The van der Waals surface area contributed by atoms with Gasteiger partial charge in [-0.15, -0.1) is 0 Å². The molecule has 0 aliphatic heterocycles. The average Bonchev–Trinajstić information content (AvgIpc) is 3.23. The fraction of sp³-hybridized carbons (Fsp3) is 0.800. The number of aryl methyl sites for hydroxylation is 2. The standard InChI is InChI=1S/C15H26ClN3O/c1-3-12-14(16)13(19(4-2)18-12)8-15(9-17,10-20)7-11-5-6-11/h11,20H,3-10,17H2,1-2H3. The molecular formula is C15H26ClN3O. The topological polar surface area (TPSA) is 64.1 Å². The second-order valence-electron chi connectivity index (χ2n) is 6.06. The van der Waals surface area contributed by atoms with Gasteiger partial charge in [0.1, 0.15) is 0 Å². The van der Waals surface area contributed by atoms with Crippen molar-refractivity contribution in [2.75, 3.05) is 13.2 Å². The lowest BCUT2D eigenvalue weighted by Crippen LogP contribution is -2.37. The van der Waals surface area contributed by atoms with Crippen LogP contribution in [0.3, 0.4) is 0 Å². The lowest BCUT2D eigenvalue weighted by Gasteiger charge is -2.31. The Kier molecular flexibility index (Phi) is 5.10. The molecule has 20 heavy (non-hydrogen) atoms. The van der Waals surface area contributed by atoms with E-state index in [9.17, 15) is 5.11 Å². The number of rotatable bonds is 8. The molecule has 0 bridgehead atoms. The summed E-state index contributed by atoms with van der Waals surface area (Å²) in [5, 5.41) is 15.2. The van der Waals surface area contributed by atoms with Crippen LogP contribution in [0.25, 0.3) is 0 Å². The predicted molar refractivity (Wildman–Crippen MR) is 81.9 cm³/mol.